The summed E-state index contributed by atoms with van der Waals surface area (Å²) in [7, 11) is 1.69. The Morgan fingerprint density at radius 2 is 1.94 bits per heavy atom. The Hall–Kier alpha value is -1.92. The van der Waals surface area contributed by atoms with Crippen LogP contribution in [-0.4, -0.2) is 78.5 Å². The maximum Gasteiger partial charge on any atom is 0.255 e. The minimum atomic E-state index is -0.446. The molecule has 3 atom stereocenters. The monoisotopic (exact) mass is 441 g/mol. The van der Waals surface area contributed by atoms with Gasteiger partial charge in [0.05, 0.1) is 6.61 Å². The van der Waals surface area contributed by atoms with E-state index in [1.807, 2.05) is 29.2 Å². The second-order valence-electron chi connectivity index (χ2n) is 10.1. The lowest BCUT2D eigenvalue weighted by Gasteiger charge is -2.46. The predicted molar refractivity (Wildman–Crippen MR) is 125 cm³/mol. The molecule has 0 bridgehead atoms. The lowest BCUT2D eigenvalue weighted by molar-refractivity contribution is -0.140. The number of methoxy groups -OCH3 is 1. The standard InChI is InChI=1S/C26H39N3O3/c1-19(2)24(29-18-20-9-4-5-11-22(20)25(29)30)26(31)28(15-16-32-3)17-21-10-8-14-27-13-7-6-12-23(21)27/h4-5,9,11,19,21,23-24H,6-8,10,12-18H2,1-3H3/t21-,23+,24-/m0/s1. The summed E-state index contributed by atoms with van der Waals surface area (Å²) in [6, 6.07) is 7.88. The first-order valence-electron chi connectivity index (χ1n) is 12.4. The van der Waals surface area contributed by atoms with Crippen LogP contribution in [0.5, 0.6) is 0 Å². The van der Waals surface area contributed by atoms with Gasteiger partial charge in [0.2, 0.25) is 5.91 Å². The highest BCUT2D eigenvalue weighted by atomic mass is 16.5. The van der Waals surface area contributed by atoms with Crippen LogP contribution in [0.3, 0.4) is 0 Å². The number of hydrogen-bond acceptors (Lipinski definition) is 4. The van der Waals surface area contributed by atoms with Crippen molar-refractivity contribution in [2.75, 3.05) is 39.9 Å². The first kappa shape index (κ1) is 23.2. The van der Waals surface area contributed by atoms with E-state index >= 15 is 0 Å². The van der Waals surface area contributed by atoms with Gasteiger partial charge in [-0.2, -0.15) is 0 Å². The van der Waals surface area contributed by atoms with Crippen LogP contribution in [0.15, 0.2) is 24.3 Å². The van der Waals surface area contributed by atoms with Crippen molar-refractivity contribution in [3.63, 3.8) is 0 Å². The molecule has 176 valence electrons. The first-order chi connectivity index (χ1) is 15.5. The van der Waals surface area contributed by atoms with Crippen LogP contribution in [0.4, 0.5) is 0 Å². The summed E-state index contributed by atoms with van der Waals surface area (Å²) in [6.45, 7) is 8.88. The molecule has 2 fully saturated rings. The Morgan fingerprint density at radius 3 is 2.69 bits per heavy atom. The number of amides is 2. The van der Waals surface area contributed by atoms with E-state index in [2.05, 4.69) is 18.7 Å². The number of piperidine rings is 2. The average molecular weight is 442 g/mol. The third-order valence-electron chi connectivity index (χ3n) is 7.63. The van der Waals surface area contributed by atoms with Gasteiger partial charge in [0, 0.05) is 38.3 Å². The predicted octanol–water partition coefficient (Wildman–Crippen LogP) is 3.41. The van der Waals surface area contributed by atoms with Gasteiger partial charge in [-0.1, -0.05) is 38.5 Å². The number of nitrogens with zero attached hydrogens (tertiary/aromatic N) is 3. The van der Waals surface area contributed by atoms with E-state index in [0.29, 0.717) is 31.7 Å². The van der Waals surface area contributed by atoms with Crippen molar-refractivity contribution in [2.24, 2.45) is 11.8 Å². The fraction of sp³-hybridized carbons (Fsp3) is 0.692. The van der Waals surface area contributed by atoms with E-state index in [1.165, 1.54) is 45.2 Å². The lowest BCUT2D eigenvalue weighted by Crippen LogP contribution is -2.56. The Bertz CT molecular complexity index is 809. The second kappa shape index (κ2) is 10.3. The first-order valence-corrected chi connectivity index (χ1v) is 12.4. The molecule has 1 aromatic rings. The largest absolute Gasteiger partial charge is 0.383 e. The maximum absolute atomic E-state index is 14.0. The molecule has 0 aromatic heterocycles. The van der Waals surface area contributed by atoms with E-state index in [4.69, 9.17) is 4.74 Å². The van der Waals surface area contributed by atoms with Crippen LogP contribution in [0, 0.1) is 11.8 Å². The summed E-state index contributed by atoms with van der Waals surface area (Å²) in [6.07, 6.45) is 6.21. The van der Waals surface area contributed by atoms with Crippen molar-refractivity contribution in [1.82, 2.24) is 14.7 Å². The number of hydrogen-bond donors (Lipinski definition) is 0. The molecular weight excluding hydrogens is 402 g/mol. The molecule has 32 heavy (non-hydrogen) atoms. The van der Waals surface area contributed by atoms with Gasteiger partial charge in [-0.15, -0.1) is 0 Å². The lowest BCUT2D eigenvalue weighted by atomic mass is 9.83. The van der Waals surface area contributed by atoms with E-state index in [1.54, 1.807) is 12.0 Å². The Balaban J connectivity index is 1.53. The summed E-state index contributed by atoms with van der Waals surface area (Å²) < 4.78 is 5.37. The van der Waals surface area contributed by atoms with Crippen molar-refractivity contribution < 1.29 is 14.3 Å². The molecule has 0 spiro atoms. The van der Waals surface area contributed by atoms with Crippen molar-refractivity contribution in [3.05, 3.63) is 35.4 Å². The molecule has 0 unspecified atom stereocenters. The molecule has 3 aliphatic rings. The van der Waals surface area contributed by atoms with Crippen molar-refractivity contribution in [3.8, 4) is 0 Å². The highest BCUT2D eigenvalue weighted by Crippen LogP contribution is 2.33. The number of benzene rings is 1. The minimum Gasteiger partial charge on any atom is -0.383 e. The molecule has 3 heterocycles. The molecule has 0 radical (unpaired) electrons. The van der Waals surface area contributed by atoms with E-state index in [-0.39, 0.29) is 17.7 Å². The molecule has 3 aliphatic heterocycles. The highest BCUT2D eigenvalue weighted by Gasteiger charge is 2.41. The zero-order valence-corrected chi connectivity index (χ0v) is 20.0. The zero-order valence-electron chi connectivity index (χ0n) is 20.0. The molecule has 1 aromatic carbocycles. The Labute approximate surface area is 192 Å². The quantitative estimate of drug-likeness (QED) is 0.620. The van der Waals surface area contributed by atoms with Crippen LogP contribution in [0.25, 0.3) is 0 Å². The van der Waals surface area contributed by atoms with Gasteiger partial charge in [0.15, 0.2) is 0 Å². The van der Waals surface area contributed by atoms with Crippen molar-refractivity contribution in [2.45, 2.75) is 64.6 Å². The zero-order chi connectivity index (χ0) is 22.7. The molecule has 2 saturated heterocycles. The number of fused-ring (bicyclic) bond motifs is 2. The van der Waals surface area contributed by atoms with Gasteiger partial charge < -0.3 is 19.4 Å². The number of carbonyl (C=O) groups excluding carboxylic acids is 2. The smallest absolute Gasteiger partial charge is 0.255 e. The van der Waals surface area contributed by atoms with E-state index < -0.39 is 6.04 Å². The molecule has 0 N–H and O–H groups in total. The summed E-state index contributed by atoms with van der Waals surface area (Å²) in [5, 5.41) is 0. The van der Waals surface area contributed by atoms with Crippen LogP contribution >= 0.6 is 0 Å². The fourth-order valence-corrected chi connectivity index (χ4v) is 6.03. The SMILES string of the molecule is COCCN(C[C@@H]1CCCN2CCCC[C@H]12)C(=O)[C@H](C(C)C)N1Cc2ccccc2C1=O. The normalized spacial score (nSPS) is 24.4. The average Bonchev–Trinajstić information content (AvgIpc) is 3.12. The number of carbonyl (C=O) groups is 2. The Morgan fingerprint density at radius 1 is 1.16 bits per heavy atom. The molecule has 6 heteroatoms. The van der Waals surface area contributed by atoms with Gasteiger partial charge in [-0.05, 0) is 62.2 Å². The van der Waals surface area contributed by atoms with E-state index in [0.717, 1.165) is 17.7 Å². The third-order valence-corrected chi connectivity index (χ3v) is 7.63. The minimum absolute atomic E-state index is 0.0181. The maximum atomic E-state index is 14.0. The summed E-state index contributed by atoms with van der Waals surface area (Å²) in [4.78, 5) is 33.6. The van der Waals surface area contributed by atoms with Crippen LogP contribution < -0.4 is 0 Å². The molecule has 6 nitrogen and oxygen atoms in total. The van der Waals surface area contributed by atoms with E-state index in [9.17, 15) is 9.59 Å². The van der Waals surface area contributed by atoms with Crippen LogP contribution in [-0.2, 0) is 16.1 Å². The van der Waals surface area contributed by atoms with Gasteiger partial charge >= 0.3 is 0 Å². The molecule has 4 rings (SSSR count). The summed E-state index contributed by atoms with van der Waals surface area (Å²) in [5.74, 6) is 0.606. The summed E-state index contributed by atoms with van der Waals surface area (Å²) >= 11 is 0. The van der Waals surface area contributed by atoms with Gasteiger partial charge in [-0.3, -0.25) is 9.59 Å². The van der Waals surface area contributed by atoms with Crippen molar-refractivity contribution >= 4 is 11.8 Å². The topological polar surface area (TPSA) is 53.1 Å². The van der Waals surface area contributed by atoms with Gasteiger partial charge in [0.25, 0.3) is 5.91 Å². The molecule has 2 amide bonds. The van der Waals surface area contributed by atoms with Gasteiger partial charge in [-0.25, -0.2) is 0 Å². The van der Waals surface area contributed by atoms with Crippen molar-refractivity contribution in [1.29, 1.82) is 0 Å². The molecule has 0 saturated carbocycles. The fourth-order valence-electron chi connectivity index (χ4n) is 6.03. The highest BCUT2D eigenvalue weighted by molar-refractivity contribution is 6.01. The Kier molecular flexibility index (Phi) is 7.51. The second-order valence-corrected chi connectivity index (χ2v) is 10.1. The number of rotatable bonds is 8. The number of ether oxygens (including phenoxy) is 1. The van der Waals surface area contributed by atoms with Crippen LogP contribution in [0.1, 0.15) is 61.9 Å². The van der Waals surface area contributed by atoms with Crippen LogP contribution in [0.2, 0.25) is 0 Å². The summed E-state index contributed by atoms with van der Waals surface area (Å²) in [5.41, 5.74) is 1.75. The third kappa shape index (κ3) is 4.72. The molecular formula is C26H39N3O3. The molecule has 0 aliphatic carbocycles. The van der Waals surface area contributed by atoms with Gasteiger partial charge in [0.1, 0.15) is 6.04 Å².